The Bertz CT molecular complexity index is 895. The second kappa shape index (κ2) is 15.1. The number of amides is 3. The third-order valence-electron chi connectivity index (χ3n) is 6.25. The van der Waals surface area contributed by atoms with Crippen LogP contribution < -0.4 is 16.0 Å². The van der Waals surface area contributed by atoms with E-state index in [1.165, 1.54) is 13.2 Å². The van der Waals surface area contributed by atoms with E-state index in [1.807, 2.05) is 6.92 Å². The highest BCUT2D eigenvalue weighted by Crippen LogP contribution is 2.38. The molecule has 0 saturated carbocycles. The number of esters is 1. The first-order chi connectivity index (χ1) is 18.5. The van der Waals surface area contributed by atoms with E-state index < -0.39 is 72.7 Å². The summed E-state index contributed by atoms with van der Waals surface area (Å²) < 4.78 is 33.0. The Labute approximate surface area is 228 Å². The Kier molecular flexibility index (Phi) is 12.5. The minimum atomic E-state index is -1.07. The number of hydrogen-bond donors (Lipinski definition) is 3. The summed E-state index contributed by atoms with van der Waals surface area (Å²) in [6.45, 7) is 13.7. The first-order valence-corrected chi connectivity index (χ1v) is 12.8. The number of carbonyl (C=O) groups is 4. The van der Waals surface area contributed by atoms with Crippen molar-refractivity contribution in [2.75, 3.05) is 33.5 Å². The molecule has 2 aliphatic rings. The van der Waals surface area contributed by atoms with Crippen molar-refractivity contribution in [2.45, 2.75) is 76.6 Å². The van der Waals surface area contributed by atoms with E-state index in [4.69, 9.17) is 28.4 Å². The maximum Gasteiger partial charge on any atom is 0.330 e. The lowest BCUT2D eigenvalue weighted by Crippen LogP contribution is -2.56. The summed E-state index contributed by atoms with van der Waals surface area (Å²) >= 11 is 0. The van der Waals surface area contributed by atoms with Crippen molar-refractivity contribution in [3.63, 3.8) is 0 Å². The fourth-order valence-corrected chi connectivity index (χ4v) is 4.05. The van der Waals surface area contributed by atoms with E-state index in [0.29, 0.717) is 6.42 Å². The fraction of sp³-hybridized carbons (Fsp3) is 0.692. The molecule has 7 atom stereocenters. The standard InChI is InChI=1S/C26H41N3O10/c1-8-11-35-13-16(24(33)34-7)28-23(32)20(15(4)9-2)29-18(30)12-27-19(31)14-36-21-17(10-3)37-25-22(21)38-26(5,6)39-25/h8,10,15-17,20-22,25H,1,3,9,11-14H2,2,4-7H3,(H,27,31)(H,28,32)(H,29,30)/t15-,16-,17+,20-,21-,22+,25+/m0/s1. The van der Waals surface area contributed by atoms with Gasteiger partial charge in [0.1, 0.15) is 31.0 Å². The molecule has 3 N–H and O–H groups in total. The molecule has 0 unspecified atom stereocenters. The zero-order valence-electron chi connectivity index (χ0n) is 23.2. The molecule has 0 spiro atoms. The molecular formula is C26H41N3O10. The van der Waals surface area contributed by atoms with E-state index >= 15 is 0 Å². The smallest absolute Gasteiger partial charge is 0.330 e. The van der Waals surface area contributed by atoms with Crippen LogP contribution in [0.5, 0.6) is 0 Å². The van der Waals surface area contributed by atoms with Crippen molar-refractivity contribution in [3.8, 4) is 0 Å². The molecule has 0 aromatic rings. The second-order valence-corrected chi connectivity index (χ2v) is 9.70. The van der Waals surface area contributed by atoms with Gasteiger partial charge in [0.25, 0.3) is 0 Å². The molecule has 2 heterocycles. The fourth-order valence-electron chi connectivity index (χ4n) is 4.05. The number of nitrogens with one attached hydrogen (secondary N) is 3. The van der Waals surface area contributed by atoms with Gasteiger partial charge in [-0.3, -0.25) is 14.4 Å². The minimum Gasteiger partial charge on any atom is -0.467 e. The molecule has 0 aromatic heterocycles. The molecule has 220 valence electrons. The second-order valence-electron chi connectivity index (χ2n) is 9.70. The van der Waals surface area contributed by atoms with Crippen molar-refractivity contribution in [3.05, 3.63) is 25.3 Å². The van der Waals surface area contributed by atoms with E-state index in [9.17, 15) is 19.2 Å². The number of rotatable bonds is 16. The number of carbonyl (C=O) groups excluding carboxylic acids is 4. The lowest BCUT2D eigenvalue weighted by atomic mass is 9.98. The number of hydrogen-bond acceptors (Lipinski definition) is 10. The third kappa shape index (κ3) is 9.39. The van der Waals surface area contributed by atoms with E-state index in [2.05, 4.69) is 29.1 Å². The molecule has 0 radical (unpaired) electrons. The SMILES string of the molecule is C=CCOC[C@H](NC(=O)[C@@H](NC(=O)CNC(=O)CO[C@@H]1[C@H]2OC(C)(C)O[C@H]2O[C@@H]1C=C)[C@@H](C)CC)C(=O)OC. The van der Waals surface area contributed by atoms with Gasteiger partial charge in [-0.15, -0.1) is 13.2 Å². The highest BCUT2D eigenvalue weighted by molar-refractivity contribution is 5.92. The van der Waals surface area contributed by atoms with Gasteiger partial charge in [-0.1, -0.05) is 32.4 Å². The van der Waals surface area contributed by atoms with Crippen LogP contribution in [0.3, 0.4) is 0 Å². The quantitative estimate of drug-likeness (QED) is 0.134. The third-order valence-corrected chi connectivity index (χ3v) is 6.25. The Hall–Kier alpha value is -2.84. The summed E-state index contributed by atoms with van der Waals surface area (Å²) in [5.74, 6) is -3.54. The van der Waals surface area contributed by atoms with Crippen LogP contribution in [0.2, 0.25) is 0 Å². The van der Waals surface area contributed by atoms with Crippen molar-refractivity contribution >= 4 is 23.7 Å². The van der Waals surface area contributed by atoms with E-state index in [0.717, 1.165) is 0 Å². The molecule has 0 aliphatic carbocycles. The average molecular weight is 556 g/mol. The van der Waals surface area contributed by atoms with Crippen LogP contribution in [-0.2, 0) is 47.6 Å². The Morgan fingerprint density at radius 1 is 1.10 bits per heavy atom. The molecule has 13 nitrogen and oxygen atoms in total. The maximum atomic E-state index is 13.0. The average Bonchev–Trinajstić information content (AvgIpc) is 3.38. The van der Waals surface area contributed by atoms with Crippen LogP contribution in [-0.4, -0.2) is 99.6 Å². The number of ether oxygens (including phenoxy) is 6. The van der Waals surface area contributed by atoms with Crippen LogP contribution in [0.1, 0.15) is 34.1 Å². The van der Waals surface area contributed by atoms with Crippen LogP contribution in [0, 0.1) is 5.92 Å². The first kappa shape index (κ1) is 32.4. The summed E-state index contributed by atoms with van der Waals surface area (Å²) in [5.41, 5.74) is 0. The molecular weight excluding hydrogens is 514 g/mol. The number of fused-ring (bicyclic) bond motifs is 1. The van der Waals surface area contributed by atoms with Gasteiger partial charge in [0.2, 0.25) is 17.7 Å². The molecule has 2 saturated heterocycles. The molecule has 39 heavy (non-hydrogen) atoms. The minimum absolute atomic E-state index is 0.128. The molecule has 2 fully saturated rings. The summed E-state index contributed by atoms with van der Waals surface area (Å²) in [5, 5.41) is 7.65. The zero-order chi connectivity index (χ0) is 29.2. The Morgan fingerprint density at radius 2 is 1.82 bits per heavy atom. The van der Waals surface area contributed by atoms with Gasteiger partial charge in [-0.2, -0.15) is 0 Å². The molecule has 2 rings (SSSR count). The van der Waals surface area contributed by atoms with Gasteiger partial charge in [0.05, 0.1) is 26.9 Å². The molecule has 0 aromatic carbocycles. The van der Waals surface area contributed by atoms with Gasteiger partial charge >= 0.3 is 5.97 Å². The lowest BCUT2D eigenvalue weighted by Gasteiger charge is -2.26. The lowest BCUT2D eigenvalue weighted by molar-refractivity contribution is -0.212. The topological polar surface area (TPSA) is 160 Å². The van der Waals surface area contributed by atoms with Crippen LogP contribution in [0.4, 0.5) is 0 Å². The zero-order valence-corrected chi connectivity index (χ0v) is 23.2. The predicted molar refractivity (Wildman–Crippen MR) is 138 cm³/mol. The maximum absolute atomic E-state index is 13.0. The van der Waals surface area contributed by atoms with Gasteiger partial charge in [0, 0.05) is 0 Å². The molecule has 3 amide bonds. The van der Waals surface area contributed by atoms with Crippen LogP contribution >= 0.6 is 0 Å². The Morgan fingerprint density at radius 3 is 2.44 bits per heavy atom. The van der Waals surface area contributed by atoms with E-state index in [-0.39, 0.29) is 25.7 Å². The highest BCUT2D eigenvalue weighted by atomic mass is 16.8. The van der Waals surface area contributed by atoms with Gasteiger partial charge in [-0.25, -0.2) is 4.79 Å². The summed E-state index contributed by atoms with van der Waals surface area (Å²) in [4.78, 5) is 50.0. The highest BCUT2D eigenvalue weighted by Gasteiger charge is 2.54. The number of methoxy groups -OCH3 is 1. The monoisotopic (exact) mass is 555 g/mol. The van der Waals surface area contributed by atoms with Crippen molar-refractivity contribution in [1.82, 2.24) is 16.0 Å². The largest absolute Gasteiger partial charge is 0.467 e. The van der Waals surface area contributed by atoms with Gasteiger partial charge in [-0.05, 0) is 19.8 Å². The van der Waals surface area contributed by atoms with Gasteiger partial charge < -0.3 is 44.4 Å². The Balaban J connectivity index is 1.88. The van der Waals surface area contributed by atoms with Gasteiger partial charge in [0.15, 0.2) is 18.1 Å². The van der Waals surface area contributed by atoms with E-state index in [1.54, 1.807) is 26.8 Å². The van der Waals surface area contributed by atoms with Crippen molar-refractivity contribution in [1.29, 1.82) is 0 Å². The van der Waals surface area contributed by atoms with Crippen LogP contribution in [0.15, 0.2) is 25.3 Å². The molecule has 0 bridgehead atoms. The summed E-state index contributed by atoms with van der Waals surface area (Å²) in [6, 6.07) is -2.04. The summed E-state index contributed by atoms with van der Waals surface area (Å²) in [7, 11) is 1.19. The predicted octanol–water partition coefficient (Wildman–Crippen LogP) is -0.0585. The first-order valence-electron chi connectivity index (χ1n) is 12.8. The summed E-state index contributed by atoms with van der Waals surface area (Å²) in [6.07, 6.45) is 1.29. The molecule has 13 heteroatoms. The van der Waals surface area contributed by atoms with Crippen molar-refractivity contribution < 1.29 is 47.6 Å². The normalized spacial score (nSPS) is 25.5. The van der Waals surface area contributed by atoms with Crippen molar-refractivity contribution in [2.24, 2.45) is 5.92 Å². The molecule has 2 aliphatic heterocycles. The van der Waals surface area contributed by atoms with Crippen LogP contribution in [0.25, 0.3) is 0 Å².